The number of rotatable bonds is 4. The predicted molar refractivity (Wildman–Crippen MR) is 143 cm³/mol. The van der Waals surface area contributed by atoms with Crippen LogP contribution in [0.5, 0.6) is 0 Å². The molecule has 1 N–H and O–H groups in total. The van der Waals surface area contributed by atoms with Crippen molar-refractivity contribution >= 4 is 34.1 Å². The number of aryl methyl sites for hydroxylation is 1. The number of aromatic nitrogens is 4. The number of hydrogen-bond acceptors (Lipinski definition) is 3. The first kappa shape index (κ1) is 22.1. The Kier molecular flexibility index (Phi) is 5.52. The lowest BCUT2D eigenvalue weighted by Gasteiger charge is -2.32. The summed E-state index contributed by atoms with van der Waals surface area (Å²) in [5.74, 6) is -0.0142. The van der Waals surface area contributed by atoms with Gasteiger partial charge in [-0.25, -0.2) is 9.78 Å². The third-order valence-corrected chi connectivity index (χ3v) is 7.19. The van der Waals surface area contributed by atoms with E-state index >= 15 is 0 Å². The van der Waals surface area contributed by atoms with Crippen LogP contribution in [0.3, 0.4) is 0 Å². The number of fused-ring (bicyclic) bond motifs is 2. The maximum absolute atomic E-state index is 13.2. The summed E-state index contributed by atoms with van der Waals surface area (Å²) >= 11 is 0. The Morgan fingerprint density at radius 1 is 1.00 bits per heavy atom. The number of amides is 1. The Hall–Kier alpha value is -4.39. The fraction of sp³-hybridized carbons (Fsp3) is 0.207. The average Bonchev–Trinajstić information content (AvgIpc) is 3.41. The third kappa shape index (κ3) is 3.73. The Bertz CT molecular complexity index is 1650. The number of H-pyrrole nitrogens is 1. The van der Waals surface area contributed by atoms with Gasteiger partial charge in [-0.15, -0.1) is 0 Å². The molecule has 1 aliphatic rings. The van der Waals surface area contributed by atoms with Gasteiger partial charge < -0.3 is 14.5 Å². The van der Waals surface area contributed by atoms with Crippen LogP contribution >= 0.6 is 0 Å². The summed E-state index contributed by atoms with van der Waals surface area (Å²) < 4.78 is 3.93. The van der Waals surface area contributed by atoms with Crippen LogP contribution < -0.4 is 5.69 Å². The van der Waals surface area contributed by atoms with Crippen LogP contribution in [0.15, 0.2) is 83.8 Å². The molecule has 4 heterocycles. The first-order valence-electron chi connectivity index (χ1n) is 12.3. The number of nitrogens with zero attached hydrogens (tertiary/aromatic N) is 4. The molecule has 0 bridgehead atoms. The van der Waals surface area contributed by atoms with Gasteiger partial charge in [0.1, 0.15) is 5.65 Å². The molecule has 6 rings (SSSR count). The molecule has 1 amide bonds. The minimum Gasteiger partial charge on any atom is -0.339 e. The van der Waals surface area contributed by atoms with E-state index in [-0.39, 0.29) is 17.6 Å². The smallest absolute Gasteiger partial charge is 0.326 e. The second kappa shape index (κ2) is 9.00. The summed E-state index contributed by atoms with van der Waals surface area (Å²) in [4.78, 5) is 35.1. The summed E-state index contributed by atoms with van der Waals surface area (Å²) in [6.45, 7) is 1.23. The van der Waals surface area contributed by atoms with Crippen molar-refractivity contribution in [1.82, 2.24) is 24.0 Å². The molecule has 2 aromatic carbocycles. The summed E-state index contributed by atoms with van der Waals surface area (Å²) in [7, 11) is 2.01. The SMILES string of the molecule is Cn1c(-c2ccccc2)c(/C=C/C(=O)N2CCC(n3c(=O)[nH]c4ccccc43)CC2)c2cccnc21. The number of nitrogens with one attached hydrogen (secondary N) is 1. The lowest BCUT2D eigenvalue weighted by Crippen LogP contribution is -2.39. The molecule has 0 radical (unpaired) electrons. The highest BCUT2D eigenvalue weighted by Crippen LogP contribution is 2.33. The minimum atomic E-state index is -0.0844. The van der Waals surface area contributed by atoms with E-state index in [4.69, 9.17) is 0 Å². The van der Waals surface area contributed by atoms with E-state index in [9.17, 15) is 9.59 Å². The maximum Gasteiger partial charge on any atom is 0.326 e. The molecule has 0 atom stereocenters. The Morgan fingerprint density at radius 3 is 2.56 bits per heavy atom. The fourth-order valence-corrected chi connectivity index (χ4v) is 5.44. The van der Waals surface area contributed by atoms with Crippen LogP contribution in [-0.2, 0) is 11.8 Å². The van der Waals surface area contributed by atoms with Crippen LogP contribution in [0, 0.1) is 0 Å². The molecule has 0 saturated carbocycles. The first-order valence-corrected chi connectivity index (χ1v) is 12.3. The van der Waals surface area contributed by atoms with Crippen molar-refractivity contribution in [1.29, 1.82) is 0 Å². The molecule has 5 aromatic rings. The summed E-state index contributed by atoms with van der Waals surface area (Å²) in [6, 6.07) is 22.0. The number of likely N-dealkylation sites (tertiary alicyclic amines) is 1. The van der Waals surface area contributed by atoms with Gasteiger partial charge in [-0.3, -0.25) is 9.36 Å². The van der Waals surface area contributed by atoms with Gasteiger partial charge in [0.15, 0.2) is 0 Å². The van der Waals surface area contributed by atoms with Gasteiger partial charge in [-0.05, 0) is 48.7 Å². The highest BCUT2D eigenvalue weighted by molar-refractivity contribution is 6.00. The highest BCUT2D eigenvalue weighted by atomic mass is 16.2. The van der Waals surface area contributed by atoms with E-state index in [0.29, 0.717) is 13.1 Å². The topological polar surface area (TPSA) is 75.9 Å². The number of pyridine rings is 1. The molecule has 0 unspecified atom stereocenters. The van der Waals surface area contributed by atoms with Crippen molar-refractivity contribution in [3.63, 3.8) is 0 Å². The van der Waals surface area contributed by atoms with Crippen molar-refractivity contribution in [2.45, 2.75) is 18.9 Å². The van der Waals surface area contributed by atoms with Crippen LogP contribution in [0.25, 0.3) is 39.4 Å². The van der Waals surface area contributed by atoms with Gasteiger partial charge in [-0.2, -0.15) is 0 Å². The van der Waals surface area contributed by atoms with E-state index < -0.39 is 0 Å². The normalized spacial score (nSPS) is 14.9. The summed E-state index contributed by atoms with van der Waals surface area (Å²) in [5, 5.41) is 1.01. The molecule has 1 saturated heterocycles. The zero-order chi connectivity index (χ0) is 24.6. The molecule has 1 aliphatic heterocycles. The minimum absolute atomic E-state index is 0.0142. The monoisotopic (exact) mass is 477 g/mol. The van der Waals surface area contributed by atoms with Gasteiger partial charge >= 0.3 is 5.69 Å². The number of benzene rings is 2. The standard InChI is InChI=1S/C29H27N5O2/c1-32-27(20-8-3-2-4-9-20)22(23-10-7-17-30-28(23)32)13-14-26(35)33-18-15-21(16-19-33)34-25-12-6-5-11-24(25)31-29(34)36/h2-14,17,21H,15-16,18-19H2,1H3,(H,31,36)/b14-13+. The van der Waals surface area contributed by atoms with Crippen LogP contribution in [0.1, 0.15) is 24.4 Å². The largest absolute Gasteiger partial charge is 0.339 e. The third-order valence-electron chi connectivity index (χ3n) is 7.19. The Labute approximate surface area is 208 Å². The van der Waals surface area contributed by atoms with Gasteiger partial charge in [0.05, 0.1) is 16.7 Å². The van der Waals surface area contributed by atoms with Gasteiger partial charge in [0.25, 0.3) is 0 Å². The second-order valence-electron chi connectivity index (χ2n) is 9.27. The van der Waals surface area contributed by atoms with Crippen molar-refractivity contribution < 1.29 is 4.79 Å². The van der Waals surface area contributed by atoms with Crippen LogP contribution in [0.2, 0.25) is 0 Å². The van der Waals surface area contributed by atoms with E-state index in [1.807, 2.05) is 77.2 Å². The van der Waals surface area contributed by atoms with Crippen molar-refractivity contribution in [3.05, 3.63) is 95.1 Å². The lowest BCUT2D eigenvalue weighted by molar-refractivity contribution is -0.127. The molecular weight excluding hydrogens is 450 g/mol. The predicted octanol–water partition coefficient (Wildman–Crippen LogP) is 4.76. The zero-order valence-corrected chi connectivity index (χ0v) is 20.1. The number of hydrogen-bond donors (Lipinski definition) is 1. The Morgan fingerprint density at radius 2 is 1.75 bits per heavy atom. The number of carbonyl (C=O) groups excluding carboxylic acids is 1. The molecule has 180 valence electrons. The van der Waals surface area contributed by atoms with Gasteiger partial charge in [-0.1, -0.05) is 42.5 Å². The van der Waals surface area contributed by atoms with E-state index in [1.165, 1.54) is 0 Å². The van der Waals surface area contributed by atoms with Crippen LogP contribution in [-0.4, -0.2) is 43.0 Å². The second-order valence-corrected chi connectivity index (χ2v) is 9.27. The number of aromatic amines is 1. The van der Waals surface area contributed by atoms with Crippen molar-refractivity contribution in [2.24, 2.45) is 7.05 Å². The summed E-state index contributed by atoms with van der Waals surface area (Å²) in [5.41, 5.74) is 5.67. The highest BCUT2D eigenvalue weighted by Gasteiger charge is 2.25. The number of imidazole rings is 1. The fourth-order valence-electron chi connectivity index (χ4n) is 5.44. The zero-order valence-electron chi connectivity index (χ0n) is 20.1. The van der Waals surface area contributed by atoms with E-state index in [0.717, 1.165) is 51.7 Å². The van der Waals surface area contributed by atoms with E-state index in [2.05, 4.69) is 26.7 Å². The number of carbonyl (C=O) groups is 1. The van der Waals surface area contributed by atoms with Crippen molar-refractivity contribution in [2.75, 3.05) is 13.1 Å². The number of piperidine rings is 1. The quantitative estimate of drug-likeness (QED) is 0.379. The molecule has 7 nitrogen and oxygen atoms in total. The van der Waals surface area contributed by atoms with Crippen molar-refractivity contribution in [3.8, 4) is 11.3 Å². The molecule has 36 heavy (non-hydrogen) atoms. The van der Waals surface area contributed by atoms with E-state index in [1.54, 1.807) is 12.3 Å². The molecular formula is C29H27N5O2. The van der Waals surface area contributed by atoms with Gasteiger partial charge in [0, 0.05) is 49.4 Å². The summed E-state index contributed by atoms with van der Waals surface area (Å²) in [6.07, 6.45) is 6.87. The van der Waals surface area contributed by atoms with Crippen LogP contribution in [0.4, 0.5) is 0 Å². The lowest BCUT2D eigenvalue weighted by atomic mass is 10.0. The average molecular weight is 478 g/mol. The molecule has 1 fully saturated rings. The molecule has 7 heteroatoms. The molecule has 0 spiro atoms. The maximum atomic E-state index is 13.2. The molecule has 0 aliphatic carbocycles. The first-order chi connectivity index (χ1) is 17.6. The Balaban J connectivity index is 1.24. The van der Waals surface area contributed by atoms with Gasteiger partial charge in [0.2, 0.25) is 5.91 Å². The number of para-hydroxylation sites is 2. The molecule has 3 aromatic heterocycles.